The standard InChI is InChI=1S/C45H72N4O6/c1-4-5-6-10-31(21-22-46)11-7-8-14-43-34(28-50)24-35(55-43)18-15-32-16-20-41(52)44(23-32)54-29-42(53)39-25-37-38(49-39)19-17-33-12-9-13-36(33)45(37)40(27-47-3)48-26-30(2)51/h16,20,23-25,30-31,33,36,40,42,45,47-53H,4-15,17-19,21-22,26-29,46H2,1-3H3/t30-,31-,33+,36-,40-,42-,45-/m0/s1. The molecular formula is C45H72N4O6. The number of aromatic amines is 1. The van der Waals surface area contributed by atoms with Gasteiger partial charge in [-0.2, -0.15) is 0 Å². The van der Waals surface area contributed by atoms with Crippen molar-refractivity contribution in [2.45, 2.75) is 147 Å². The van der Waals surface area contributed by atoms with Gasteiger partial charge in [-0.25, -0.2) is 0 Å². The number of ether oxygens (including phenoxy) is 1. The van der Waals surface area contributed by atoms with E-state index < -0.39 is 12.2 Å². The fourth-order valence-electron chi connectivity index (χ4n) is 9.48. The van der Waals surface area contributed by atoms with Crippen molar-refractivity contribution in [3.8, 4) is 11.5 Å². The second kappa shape index (κ2) is 22.2. The van der Waals surface area contributed by atoms with Gasteiger partial charge in [0.25, 0.3) is 0 Å². The van der Waals surface area contributed by atoms with Gasteiger partial charge in [0, 0.05) is 54.8 Å². The average molecular weight is 765 g/mol. The highest BCUT2D eigenvalue weighted by molar-refractivity contribution is 5.42. The van der Waals surface area contributed by atoms with E-state index in [4.69, 9.17) is 14.9 Å². The molecule has 9 N–H and O–H groups in total. The first kappa shape index (κ1) is 43.3. The van der Waals surface area contributed by atoms with E-state index in [1.54, 1.807) is 6.07 Å². The number of hydrogen-bond donors (Lipinski definition) is 8. The maximum Gasteiger partial charge on any atom is 0.161 e. The van der Waals surface area contributed by atoms with Crippen molar-refractivity contribution in [1.29, 1.82) is 0 Å². The molecule has 2 aliphatic rings. The lowest BCUT2D eigenvalue weighted by Gasteiger charge is -2.35. The van der Waals surface area contributed by atoms with Crippen LogP contribution in [0.5, 0.6) is 11.5 Å². The summed E-state index contributed by atoms with van der Waals surface area (Å²) >= 11 is 0. The summed E-state index contributed by atoms with van der Waals surface area (Å²) in [5.74, 6) is 4.32. The molecule has 2 heterocycles. The number of nitrogens with one attached hydrogen (secondary N) is 3. The number of aromatic hydroxyl groups is 1. The molecule has 0 aliphatic heterocycles. The van der Waals surface area contributed by atoms with Gasteiger partial charge in [0.15, 0.2) is 11.5 Å². The molecule has 0 bridgehead atoms. The Balaban J connectivity index is 1.17. The highest BCUT2D eigenvalue weighted by atomic mass is 16.5. The van der Waals surface area contributed by atoms with E-state index in [0.717, 1.165) is 80.0 Å². The lowest BCUT2D eigenvalue weighted by atomic mass is 9.76. The highest BCUT2D eigenvalue weighted by Crippen LogP contribution is 2.49. The van der Waals surface area contributed by atoms with Crippen molar-refractivity contribution in [3.05, 3.63) is 69.9 Å². The summed E-state index contributed by atoms with van der Waals surface area (Å²) in [6.45, 7) is 6.11. The van der Waals surface area contributed by atoms with Gasteiger partial charge >= 0.3 is 0 Å². The summed E-state index contributed by atoms with van der Waals surface area (Å²) in [5.41, 5.74) is 10.9. The van der Waals surface area contributed by atoms with Crippen molar-refractivity contribution in [3.63, 3.8) is 0 Å². The van der Waals surface area contributed by atoms with Crippen LogP contribution in [0.3, 0.4) is 0 Å². The van der Waals surface area contributed by atoms with Crippen LogP contribution in [0.1, 0.15) is 143 Å². The van der Waals surface area contributed by atoms with Gasteiger partial charge in [0.05, 0.1) is 12.7 Å². The summed E-state index contributed by atoms with van der Waals surface area (Å²) in [7, 11) is 1.98. The van der Waals surface area contributed by atoms with Crippen molar-refractivity contribution >= 4 is 0 Å². The molecule has 2 aromatic heterocycles. The smallest absolute Gasteiger partial charge is 0.161 e. The van der Waals surface area contributed by atoms with Crippen LogP contribution >= 0.6 is 0 Å². The molecule has 308 valence electrons. The largest absolute Gasteiger partial charge is 0.504 e. The zero-order chi connectivity index (χ0) is 39.2. The minimum absolute atomic E-state index is 0.000457. The van der Waals surface area contributed by atoms with Gasteiger partial charge in [-0.1, -0.05) is 64.4 Å². The molecule has 1 saturated carbocycles. The van der Waals surface area contributed by atoms with Gasteiger partial charge in [0.2, 0.25) is 0 Å². The monoisotopic (exact) mass is 765 g/mol. The van der Waals surface area contributed by atoms with Crippen molar-refractivity contribution in [2.75, 3.05) is 33.3 Å². The number of likely N-dealkylation sites (N-methyl/N-ethyl adjacent to an activating group) is 1. The first-order valence-corrected chi connectivity index (χ1v) is 21.6. The zero-order valence-electron chi connectivity index (χ0n) is 34.0. The molecule has 10 nitrogen and oxygen atoms in total. The van der Waals surface area contributed by atoms with Gasteiger partial charge in [-0.3, -0.25) is 0 Å². The third kappa shape index (κ3) is 12.3. The predicted molar refractivity (Wildman–Crippen MR) is 220 cm³/mol. The molecule has 0 radical (unpaired) electrons. The van der Waals surface area contributed by atoms with Gasteiger partial charge in [-0.15, -0.1) is 0 Å². The number of aromatic nitrogens is 1. The number of benzene rings is 1. The topological polar surface area (TPSA) is 169 Å². The molecule has 10 heteroatoms. The van der Waals surface area contributed by atoms with Crippen molar-refractivity contribution < 1.29 is 29.6 Å². The minimum Gasteiger partial charge on any atom is -0.504 e. The fraction of sp³-hybridized carbons (Fsp3) is 0.689. The molecular weight excluding hydrogens is 693 g/mol. The maximum absolute atomic E-state index is 11.4. The molecule has 0 saturated heterocycles. The Morgan fingerprint density at radius 2 is 1.80 bits per heavy atom. The molecule has 55 heavy (non-hydrogen) atoms. The van der Waals surface area contributed by atoms with Crippen LogP contribution < -0.4 is 21.1 Å². The minimum atomic E-state index is -0.894. The Hall–Kier alpha value is -2.86. The third-order valence-electron chi connectivity index (χ3n) is 12.4. The molecule has 5 rings (SSSR count). The summed E-state index contributed by atoms with van der Waals surface area (Å²) in [5, 5.41) is 49.2. The average Bonchev–Trinajstić information content (AvgIpc) is 3.91. The Morgan fingerprint density at radius 3 is 2.55 bits per heavy atom. The predicted octanol–water partition coefficient (Wildman–Crippen LogP) is 6.97. The summed E-state index contributed by atoms with van der Waals surface area (Å²) < 4.78 is 12.3. The third-order valence-corrected chi connectivity index (χ3v) is 12.4. The number of phenolic OH excluding ortho intramolecular Hbond substituents is 1. The lowest BCUT2D eigenvalue weighted by molar-refractivity contribution is 0.103. The molecule has 1 aromatic carbocycles. The van der Waals surface area contributed by atoms with Crippen LogP contribution in [0.4, 0.5) is 0 Å². The number of rotatable bonds is 25. The van der Waals surface area contributed by atoms with Gasteiger partial charge in [-0.05, 0) is 112 Å². The van der Waals surface area contributed by atoms with Crippen molar-refractivity contribution in [2.24, 2.45) is 23.5 Å². The number of H-pyrrole nitrogens is 1. The first-order chi connectivity index (χ1) is 26.7. The van der Waals surface area contributed by atoms with Gasteiger partial charge in [0.1, 0.15) is 24.2 Å². The van der Waals surface area contributed by atoms with E-state index in [1.807, 2.05) is 32.2 Å². The van der Waals surface area contributed by atoms with Crippen LogP contribution in [-0.4, -0.2) is 70.8 Å². The van der Waals surface area contributed by atoms with Crippen LogP contribution in [0.25, 0.3) is 0 Å². The number of nitrogens with two attached hydrogens (primary N) is 1. The van der Waals surface area contributed by atoms with Crippen LogP contribution in [-0.2, 0) is 32.3 Å². The number of fused-ring (bicyclic) bond motifs is 2. The number of hydrogen-bond acceptors (Lipinski definition) is 9. The summed E-state index contributed by atoms with van der Waals surface area (Å²) in [4.78, 5) is 3.58. The molecule has 2 aliphatic carbocycles. The van der Waals surface area contributed by atoms with E-state index in [0.29, 0.717) is 42.9 Å². The quantitative estimate of drug-likeness (QED) is 0.0425. The first-order valence-electron chi connectivity index (χ1n) is 21.6. The SMILES string of the molecule is CCCCC[C@H](CCN)CCCCc1oc(CCc2ccc(O)c(OC[C@H](O)c3cc4c([nH]3)CC[C@H]3CCC[C@@H]3[C@@H]4[C@H](CNC)NC[C@H](C)O)c2)cc1CO. The maximum atomic E-state index is 11.4. The second-order valence-corrected chi connectivity index (χ2v) is 16.6. The van der Waals surface area contributed by atoms with E-state index in [2.05, 4.69) is 28.6 Å². The number of aliphatic hydroxyl groups is 3. The Bertz CT molecular complexity index is 1550. The Kier molecular flexibility index (Phi) is 17.4. The number of phenols is 1. The summed E-state index contributed by atoms with van der Waals surface area (Å²) in [6, 6.07) is 9.65. The van der Waals surface area contributed by atoms with E-state index >= 15 is 0 Å². The molecule has 7 atom stereocenters. The number of furan rings is 1. The van der Waals surface area contributed by atoms with E-state index in [-0.39, 0.29) is 30.9 Å². The molecule has 3 aromatic rings. The molecule has 0 spiro atoms. The number of aryl methyl sites for hydroxylation is 4. The molecule has 0 amide bonds. The Labute approximate surface area is 330 Å². The van der Waals surface area contributed by atoms with Crippen molar-refractivity contribution in [1.82, 2.24) is 15.6 Å². The number of unbranched alkanes of at least 4 members (excludes halogenated alkanes) is 3. The highest BCUT2D eigenvalue weighted by Gasteiger charge is 2.42. The number of aliphatic hydroxyl groups excluding tert-OH is 3. The molecule has 0 unspecified atom stereocenters. The fourth-order valence-corrected chi connectivity index (χ4v) is 9.48. The Morgan fingerprint density at radius 1 is 0.982 bits per heavy atom. The molecule has 1 fully saturated rings. The second-order valence-electron chi connectivity index (χ2n) is 16.6. The van der Waals surface area contributed by atoms with Crippen LogP contribution in [0.15, 0.2) is 34.7 Å². The zero-order valence-corrected chi connectivity index (χ0v) is 34.0. The van der Waals surface area contributed by atoms with E-state index in [1.165, 1.54) is 62.6 Å². The van der Waals surface area contributed by atoms with Gasteiger partial charge < -0.3 is 50.9 Å². The van der Waals surface area contributed by atoms with Crippen LogP contribution in [0, 0.1) is 17.8 Å². The lowest BCUT2D eigenvalue weighted by Crippen LogP contribution is -2.47. The van der Waals surface area contributed by atoms with E-state index in [9.17, 15) is 20.4 Å². The normalized spacial score (nSPS) is 20.5. The summed E-state index contributed by atoms with van der Waals surface area (Å²) in [6.07, 6.45) is 16.2. The van der Waals surface area contributed by atoms with Crippen LogP contribution in [0.2, 0.25) is 0 Å².